The topological polar surface area (TPSA) is 13.1 Å². The van der Waals surface area contributed by atoms with Gasteiger partial charge in [0.2, 0.25) is 0 Å². The van der Waals surface area contributed by atoms with Crippen molar-refractivity contribution in [2.45, 2.75) is 32.1 Å². The maximum Gasteiger partial charge on any atom is 0.130 e. The Hall–Kier alpha value is -2.54. The third-order valence-electron chi connectivity index (χ3n) is 4.84. The summed E-state index contributed by atoms with van der Waals surface area (Å²) in [5.74, 6) is 1.19. The summed E-state index contributed by atoms with van der Waals surface area (Å²) in [6.07, 6.45) is 4.01. The zero-order valence-corrected chi connectivity index (χ0v) is 14.4. The monoisotopic (exact) mass is 314 g/mol. The first-order valence-corrected chi connectivity index (χ1v) is 8.49. The Balaban J connectivity index is 1.81. The molecule has 1 nitrogen and oxygen atoms in total. The summed E-state index contributed by atoms with van der Waals surface area (Å²) in [5, 5.41) is 0. The highest BCUT2D eigenvalue weighted by Gasteiger charge is 2.29. The molecule has 1 heterocycles. The predicted molar refractivity (Wildman–Crippen MR) is 100 cm³/mol. The maximum atomic E-state index is 5.71. The van der Waals surface area contributed by atoms with Crippen molar-refractivity contribution in [2.24, 2.45) is 0 Å². The summed E-state index contributed by atoms with van der Waals surface area (Å²) >= 11 is 0. The van der Waals surface area contributed by atoms with E-state index in [2.05, 4.69) is 75.4 Å². The molecule has 0 saturated heterocycles. The van der Waals surface area contributed by atoms with E-state index < -0.39 is 0 Å². The van der Waals surface area contributed by atoms with Crippen LogP contribution in [0.4, 0.5) is 0 Å². The van der Waals surface area contributed by atoms with E-state index in [4.69, 9.17) is 4.42 Å². The molecular formula is C23H22O. The van der Waals surface area contributed by atoms with Crippen LogP contribution in [0.3, 0.4) is 0 Å². The molecule has 0 saturated carbocycles. The Kier molecular flexibility index (Phi) is 3.45. The second kappa shape index (κ2) is 5.52. The zero-order chi connectivity index (χ0) is 16.7. The average molecular weight is 314 g/mol. The normalized spacial score (nSPS) is 16.8. The molecular weight excluding hydrogens is 292 g/mol. The van der Waals surface area contributed by atoms with Crippen LogP contribution in [0.1, 0.15) is 54.7 Å². The first kappa shape index (κ1) is 15.0. The molecule has 1 aliphatic carbocycles. The number of hydrogen-bond donors (Lipinski definition) is 0. The van der Waals surface area contributed by atoms with E-state index >= 15 is 0 Å². The van der Waals surface area contributed by atoms with E-state index in [9.17, 15) is 0 Å². The molecule has 0 radical (unpaired) electrons. The van der Waals surface area contributed by atoms with Gasteiger partial charge in [0.15, 0.2) is 0 Å². The van der Waals surface area contributed by atoms with Crippen LogP contribution in [0.2, 0.25) is 0 Å². The highest BCUT2D eigenvalue weighted by Crippen LogP contribution is 2.46. The van der Waals surface area contributed by atoms with Gasteiger partial charge in [-0.2, -0.15) is 0 Å². The van der Waals surface area contributed by atoms with Crippen molar-refractivity contribution in [3.05, 3.63) is 94.9 Å². The lowest BCUT2D eigenvalue weighted by molar-refractivity contribution is 0.550. The molecule has 0 spiro atoms. The van der Waals surface area contributed by atoms with Crippen LogP contribution in [-0.4, -0.2) is 0 Å². The van der Waals surface area contributed by atoms with Gasteiger partial charge in [-0.25, -0.2) is 0 Å². The molecule has 1 atom stereocenters. The summed E-state index contributed by atoms with van der Waals surface area (Å²) in [5.41, 5.74) is 6.73. The number of furan rings is 1. The average Bonchev–Trinajstić information content (AvgIpc) is 3.21. The minimum atomic E-state index is 0.172. The predicted octanol–water partition coefficient (Wildman–Crippen LogP) is 6.26. The zero-order valence-electron chi connectivity index (χ0n) is 14.4. The number of fused-ring (bicyclic) bond motifs is 1. The van der Waals surface area contributed by atoms with Gasteiger partial charge in [-0.05, 0) is 45.9 Å². The molecule has 120 valence electrons. The lowest BCUT2D eigenvalue weighted by atomic mass is 9.83. The molecule has 0 fully saturated rings. The molecule has 0 N–H and O–H groups in total. The Labute approximate surface area is 143 Å². The van der Waals surface area contributed by atoms with Gasteiger partial charge in [-0.1, -0.05) is 69.3 Å². The van der Waals surface area contributed by atoms with Crippen LogP contribution in [-0.2, 0) is 5.41 Å². The maximum absolute atomic E-state index is 5.71. The first-order chi connectivity index (χ1) is 11.5. The van der Waals surface area contributed by atoms with Gasteiger partial charge < -0.3 is 4.42 Å². The number of rotatable bonds is 2. The minimum absolute atomic E-state index is 0.172. The lowest BCUT2D eigenvalue weighted by Gasteiger charge is -2.21. The van der Waals surface area contributed by atoms with Crippen LogP contribution >= 0.6 is 0 Å². The van der Waals surface area contributed by atoms with Crippen LogP contribution in [0.25, 0.3) is 11.6 Å². The molecule has 24 heavy (non-hydrogen) atoms. The standard InChI is InChI=1S/C23H22O/c1-23(2,3)18-12-10-16(11-13-18)22-19-8-5-4-7-17(19)15-20(22)21-9-6-14-24-21/h4-15,22H,1-3H3. The molecule has 1 unspecified atom stereocenters. The van der Waals surface area contributed by atoms with Gasteiger partial charge in [0, 0.05) is 11.5 Å². The van der Waals surface area contributed by atoms with Gasteiger partial charge in [0.1, 0.15) is 5.76 Å². The van der Waals surface area contributed by atoms with E-state index in [1.807, 2.05) is 12.1 Å². The number of allylic oxidation sites excluding steroid dienone is 1. The quantitative estimate of drug-likeness (QED) is 0.544. The van der Waals surface area contributed by atoms with Gasteiger partial charge in [0.25, 0.3) is 0 Å². The van der Waals surface area contributed by atoms with E-state index in [0.29, 0.717) is 0 Å². The Morgan fingerprint density at radius 1 is 0.833 bits per heavy atom. The smallest absolute Gasteiger partial charge is 0.130 e. The van der Waals surface area contributed by atoms with E-state index in [0.717, 1.165) is 5.76 Å². The minimum Gasteiger partial charge on any atom is -0.465 e. The van der Waals surface area contributed by atoms with E-state index in [1.165, 1.54) is 27.8 Å². The highest BCUT2D eigenvalue weighted by molar-refractivity contribution is 5.92. The molecule has 3 aromatic rings. The van der Waals surface area contributed by atoms with Crippen molar-refractivity contribution >= 4 is 11.6 Å². The summed E-state index contributed by atoms with van der Waals surface area (Å²) in [4.78, 5) is 0. The summed E-state index contributed by atoms with van der Waals surface area (Å²) in [7, 11) is 0. The van der Waals surface area contributed by atoms with Crippen molar-refractivity contribution in [1.82, 2.24) is 0 Å². The fourth-order valence-electron chi connectivity index (χ4n) is 3.51. The van der Waals surface area contributed by atoms with Crippen LogP contribution < -0.4 is 0 Å². The van der Waals surface area contributed by atoms with Crippen molar-refractivity contribution in [2.75, 3.05) is 0 Å². The van der Waals surface area contributed by atoms with E-state index in [-0.39, 0.29) is 11.3 Å². The second-order valence-corrected chi connectivity index (χ2v) is 7.51. The van der Waals surface area contributed by atoms with Gasteiger partial charge >= 0.3 is 0 Å². The largest absolute Gasteiger partial charge is 0.465 e. The summed E-state index contributed by atoms with van der Waals surface area (Å²) in [6, 6.07) is 21.7. The van der Waals surface area contributed by atoms with Gasteiger partial charge in [-0.15, -0.1) is 0 Å². The fourth-order valence-corrected chi connectivity index (χ4v) is 3.51. The van der Waals surface area contributed by atoms with Crippen molar-refractivity contribution < 1.29 is 4.42 Å². The first-order valence-electron chi connectivity index (χ1n) is 8.49. The van der Waals surface area contributed by atoms with Gasteiger partial charge in [0.05, 0.1) is 6.26 Å². The Morgan fingerprint density at radius 3 is 2.25 bits per heavy atom. The molecule has 0 amide bonds. The second-order valence-electron chi connectivity index (χ2n) is 7.51. The molecule has 2 aromatic carbocycles. The number of hydrogen-bond acceptors (Lipinski definition) is 1. The highest BCUT2D eigenvalue weighted by atomic mass is 16.3. The van der Waals surface area contributed by atoms with Gasteiger partial charge in [-0.3, -0.25) is 0 Å². The molecule has 1 aliphatic rings. The molecule has 1 aromatic heterocycles. The van der Waals surface area contributed by atoms with Crippen molar-refractivity contribution in [3.8, 4) is 0 Å². The van der Waals surface area contributed by atoms with Crippen molar-refractivity contribution in [1.29, 1.82) is 0 Å². The van der Waals surface area contributed by atoms with Crippen LogP contribution in [0, 0.1) is 0 Å². The van der Waals surface area contributed by atoms with Crippen LogP contribution in [0.15, 0.2) is 71.3 Å². The molecule has 0 aliphatic heterocycles. The SMILES string of the molecule is CC(C)(C)c1ccc(C2C(c3ccco3)=Cc3ccccc32)cc1. The Bertz CT molecular complexity index is 875. The third kappa shape index (κ3) is 2.50. The molecule has 1 heteroatoms. The number of benzene rings is 2. The Morgan fingerprint density at radius 2 is 1.58 bits per heavy atom. The lowest BCUT2D eigenvalue weighted by Crippen LogP contribution is -2.11. The molecule has 4 rings (SSSR count). The van der Waals surface area contributed by atoms with E-state index in [1.54, 1.807) is 6.26 Å². The fraction of sp³-hybridized carbons (Fsp3) is 0.217. The third-order valence-corrected chi connectivity index (χ3v) is 4.84. The molecule has 0 bridgehead atoms. The van der Waals surface area contributed by atoms with Crippen molar-refractivity contribution in [3.63, 3.8) is 0 Å². The summed E-state index contributed by atoms with van der Waals surface area (Å²) in [6.45, 7) is 6.75. The summed E-state index contributed by atoms with van der Waals surface area (Å²) < 4.78 is 5.71. The van der Waals surface area contributed by atoms with Crippen LogP contribution in [0.5, 0.6) is 0 Å².